The summed E-state index contributed by atoms with van der Waals surface area (Å²) in [6, 6.07) is 0. The largest absolute Gasteiger partial charge is 0.412 e. The van der Waals surface area contributed by atoms with Crippen LogP contribution in [0.4, 0.5) is 0 Å². The molecule has 50 valence electrons. The van der Waals surface area contributed by atoms with E-state index in [-0.39, 0.29) is 119 Å². The second kappa shape index (κ2) is 94.0. The van der Waals surface area contributed by atoms with Gasteiger partial charge in [0, 0.05) is 91.3 Å². The van der Waals surface area contributed by atoms with Gasteiger partial charge < -0.3 is 27.4 Å². The van der Waals surface area contributed by atoms with Gasteiger partial charge in [-0.15, -0.1) is 0 Å². The van der Waals surface area contributed by atoms with Crippen molar-refractivity contribution in [1.82, 2.24) is 0 Å². The Labute approximate surface area is 116 Å². The van der Waals surface area contributed by atoms with E-state index in [4.69, 9.17) is 0 Å². The van der Waals surface area contributed by atoms with Crippen LogP contribution in [0.5, 0.6) is 0 Å². The van der Waals surface area contributed by atoms with Crippen LogP contribution in [-0.4, -0.2) is 27.4 Å². The maximum absolute atomic E-state index is 0. The van der Waals surface area contributed by atoms with Crippen LogP contribution in [-0.2, 0) is 91.3 Å². The molecule has 0 bridgehead atoms. The van der Waals surface area contributed by atoms with Gasteiger partial charge in [0.25, 0.3) is 0 Å². The van der Waals surface area contributed by atoms with Gasteiger partial charge in [-0.1, -0.05) is 0 Å². The van der Waals surface area contributed by atoms with E-state index in [1.165, 1.54) is 0 Å². The number of hydrogen-bond donors (Lipinski definition) is 0. The first-order valence-electron chi connectivity index (χ1n) is 0. The van der Waals surface area contributed by atoms with E-state index in [9.17, 15) is 0 Å². The zero-order chi connectivity index (χ0) is 0. The smallest absolute Gasteiger partial charge is 0 e. The Kier molecular flexibility index (Phi) is 1510. The predicted octanol–water partition coefficient (Wildman–Crippen LogP) is -4.13. The first-order valence-corrected chi connectivity index (χ1v) is 0. The molecular formula is H10HfO5Y2. The number of rotatable bonds is 0. The van der Waals surface area contributed by atoms with Crippen LogP contribution in [0, 0.1) is 0 Å². The van der Waals surface area contributed by atoms with E-state index in [1.807, 2.05) is 0 Å². The van der Waals surface area contributed by atoms with Crippen molar-refractivity contribution >= 4 is 0 Å². The van der Waals surface area contributed by atoms with Crippen LogP contribution >= 0.6 is 0 Å². The monoisotopic (exact) mass is 448 g/mol. The van der Waals surface area contributed by atoms with E-state index in [2.05, 4.69) is 0 Å². The summed E-state index contributed by atoms with van der Waals surface area (Å²) in [4.78, 5) is 0. The molecule has 0 aromatic rings. The molecule has 0 amide bonds. The molecule has 0 saturated carbocycles. The van der Waals surface area contributed by atoms with Crippen molar-refractivity contribution in [2.75, 3.05) is 0 Å². The molecule has 0 saturated heterocycles. The van der Waals surface area contributed by atoms with Crippen molar-refractivity contribution in [1.29, 1.82) is 0 Å². The molecule has 0 aromatic heterocycles. The summed E-state index contributed by atoms with van der Waals surface area (Å²) in [5.74, 6) is 0. The third kappa shape index (κ3) is 66.5. The fourth-order valence-corrected chi connectivity index (χ4v) is 0. The van der Waals surface area contributed by atoms with Crippen molar-refractivity contribution in [3.63, 3.8) is 0 Å². The third-order valence-corrected chi connectivity index (χ3v) is 0. The average molecular weight is 446 g/mol. The SMILES string of the molecule is O.O.O.O.O.[Hf].[Y].[Y]. The van der Waals surface area contributed by atoms with Gasteiger partial charge in [0.1, 0.15) is 0 Å². The molecule has 10 N–H and O–H groups in total. The van der Waals surface area contributed by atoms with E-state index < -0.39 is 0 Å². The quantitative estimate of drug-likeness (QED) is 0.331. The first-order chi connectivity index (χ1) is 0. The maximum Gasteiger partial charge on any atom is 0 e. The van der Waals surface area contributed by atoms with Crippen LogP contribution in [0.3, 0.4) is 0 Å². The third-order valence-electron chi connectivity index (χ3n) is 0. The van der Waals surface area contributed by atoms with E-state index >= 15 is 0 Å². The molecular weight excluding hydrogens is 436 g/mol. The van der Waals surface area contributed by atoms with Gasteiger partial charge in [0.05, 0.1) is 0 Å². The Bertz CT molecular complexity index is 10.4. The Morgan fingerprint density at radius 1 is 0.375 bits per heavy atom. The molecule has 5 nitrogen and oxygen atoms in total. The van der Waals surface area contributed by atoms with Crippen LogP contribution in [0.25, 0.3) is 0 Å². The Morgan fingerprint density at radius 2 is 0.375 bits per heavy atom. The van der Waals surface area contributed by atoms with Crippen LogP contribution in [0.1, 0.15) is 0 Å². The Balaban J connectivity index is 0. The fourth-order valence-electron chi connectivity index (χ4n) is 0. The molecule has 0 unspecified atom stereocenters. The summed E-state index contributed by atoms with van der Waals surface area (Å²) >= 11 is 0. The van der Waals surface area contributed by atoms with Crippen molar-refractivity contribution in [2.24, 2.45) is 0 Å². The minimum Gasteiger partial charge on any atom is -0.412 e. The molecule has 0 fully saturated rings. The molecule has 0 rings (SSSR count). The maximum atomic E-state index is 0. The van der Waals surface area contributed by atoms with Crippen molar-refractivity contribution in [2.45, 2.75) is 0 Å². The van der Waals surface area contributed by atoms with Crippen molar-refractivity contribution in [3.05, 3.63) is 0 Å². The van der Waals surface area contributed by atoms with Crippen molar-refractivity contribution in [3.8, 4) is 0 Å². The summed E-state index contributed by atoms with van der Waals surface area (Å²) in [6.45, 7) is 0. The molecule has 0 heterocycles. The van der Waals surface area contributed by atoms with Crippen LogP contribution in [0.15, 0.2) is 0 Å². The normalized spacial score (nSPS) is 0. The van der Waals surface area contributed by atoms with E-state index in [0.29, 0.717) is 0 Å². The van der Waals surface area contributed by atoms with Gasteiger partial charge in [-0.2, -0.15) is 0 Å². The molecule has 8 heavy (non-hydrogen) atoms. The second-order valence-electron chi connectivity index (χ2n) is 0. The van der Waals surface area contributed by atoms with Gasteiger partial charge in [-0.25, -0.2) is 0 Å². The molecule has 0 aromatic carbocycles. The first kappa shape index (κ1) is 128. The topological polar surface area (TPSA) is 158 Å². The molecule has 0 aliphatic carbocycles. The Hall–Kier alpha value is 2.88. The minimum atomic E-state index is 0. The zero-order valence-electron chi connectivity index (χ0n) is 4.15. The second-order valence-corrected chi connectivity index (χ2v) is 0. The predicted molar refractivity (Wildman–Crippen MR) is 18.1 cm³/mol. The molecule has 2 radical (unpaired) electrons. The van der Waals surface area contributed by atoms with E-state index in [1.54, 1.807) is 0 Å². The fraction of sp³-hybridized carbons (Fsp3) is 0. The van der Waals surface area contributed by atoms with Gasteiger partial charge in [0.15, 0.2) is 0 Å². The zero-order valence-corrected chi connectivity index (χ0v) is 13.4. The Morgan fingerprint density at radius 3 is 0.375 bits per heavy atom. The summed E-state index contributed by atoms with van der Waals surface area (Å²) in [7, 11) is 0. The van der Waals surface area contributed by atoms with Gasteiger partial charge in [-0.05, 0) is 0 Å². The standard InChI is InChI=1S/Hf.5H2O.2Y/h;5*1H2;;. The minimum absolute atomic E-state index is 0. The van der Waals surface area contributed by atoms with Gasteiger partial charge in [0.2, 0.25) is 0 Å². The van der Waals surface area contributed by atoms with Crippen molar-refractivity contribution < 1.29 is 119 Å². The summed E-state index contributed by atoms with van der Waals surface area (Å²) in [5.41, 5.74) is 0. The molecule has 0 aliphatic heterocycles. The summed E-state index contributed by atoms with van der Waals surface area (Å²) in [5, 5.41) is 0. The molecule has 8 heteroatoms. The van der Waals surface area contributed by atoms with Crippen LogP contribution in [0.2, 0.25) is 0 Å². The molecule has 0 spiro atoms. The van der Waals surface area contributed by atoms with Crippen LogP contribution < -0.4 is 0 Å². The summed E-state index contributed by atoms with van der Waals surface area (Å²) in [6.07, 6.45) is 0. The average Bonchev–Trinajstić information content (AvgIpc) is 0. The van der Waals surface area contributed by atoms with Gasteiger partial charge in [-0.3, -0.25) is 0 Å². The number of hydrogen-bond acceptors (Lipinski definition) is 0. The van der Waals surface area contributed by atoms with Gasteiger partial charge >= 0.3 is 0 Å². The van der Waals surface area contributed by atoms with E-state index in [0.717, 1.165) is 0 Å². The summed E-state index contributed by atoms with van der Waals surface area (Å²) < 4.78 is 0. The molecule has 0 aliphatic rings. The molecule has 0 atom stereocenters.